The van der Waals surface area contributed by atoms with E-state index in [0.29, 0.717) is 17.7 Å². The summed E-state index contributed by atoms with van der Waals surface area (Å²) in [6, 6.07) is 15.1. The first-order valence-electron chi connectivity index (χ1n) is 8.47. The van der Waals surface area contributed by atoms with E-state index in [-0.39, 0.29) is 24.2 Å². The third-order valence-electron chi connectivity index (χ3n) is 4.14. The number of non-ortho nitro benzene ring substituents is 1. The van der Waals surface area contributed by atoms with Crippen molar-refractivity contribution in [3.63, 3.8) is 0 Å². The van der Waals surface area contributed by atoms with Crippen LogP contribution < -0.4 is 5.32 Å². The molecule has 2 aromatic rings. The molecular formula is C19H20N2O5. The summed E-state index contributed by atoms with van der Waals surface area (Å²) in [6.45, 7) is 0.719. The van der Waals surface area contributed by atoms with Crippen molar-refractivity contribution >= 4 is 11.6 Å². The molecule has 0 aromatic heterocycles. The molecule has 1 saturated heterocycles. The molecule has 1 N–H and O–H groups in total. The standard InChI is InChI=1S/C19H20N2O5/c22-18(14-6-2-1-3-7-14)20-16-9-5-11-25-19(26-13-16)15-8-4-10-17(12-15)21(23)24/h1-4,6-8,10,12,16,19H,5,9,11,13H2,(H,20,22)/t16-,19-/m0/s1. The average Bonchev–Trinajstić information content (AvgIpc) is 2.65. The van der Waals surface area contributed by atoms with Gasteiger partial charge < -0.3 is 14.8 Å². The lowest BCUT2D eigenvalue weighted by molar-refractivity contribution is -0.385. The molecule has 3 rings (SSSR count). The predicted molar refractivity (Wildman–Crippen MR) is 94.7 cm³/mol. The first-order valence-corrected chi connectivity index (χ1v) is 8.47. The van der Waals surface area contributed by atoms with Gasteiger partial charge in [0, 0.05) is 23.3 Å². The fourth-order valence-corrected chi connectivity index (χ4v) is 2.80. The third kappa shape index (κ3) is 4.65. The summed E-state index contributed by atoms with van der Waals surface area (Å²) in [6.07, 6.45) is 0.806. The maximum Gasteiger partial charge on any atom is 0.269 e. The number of ether oxygens (including phenoxy) is 2. The normalized spacial score (nSPS) is 20.6. The molecule has 7 heteroatoms. The fourth-order valence-electron chi connectivity index (χ4n) is 2.80. The summed E-state index contributed by atoms with van der Waals surface area (Å²) in [5, 5.41) is 13.9. The SMILES string of the molecule is O=C(N[C@H]1CCCO[C@H](c2cccc([N+](=O)[O-])c2)OC1)c1ccccc1. The molecule has 0 aliphatic carbocycles. The van der Waals surface area contributed by atoms with Gasteiger partial charge in [-0.3, -0.25) is 14.9 Å². The van der Waals surface area contributed by atoms with Gasteiger partial charge in [-0.25, -0.2) is 0 Å². The Labute approximate surface area is 151 Å². The van der Waals surface area contributed by atoms with Gasteiger partial charge >= 0.3 is 0 Å². The van der Waals surface area contributed by atoms with Gasteiger partial charge in [0.15, 0.2) is 6.29 Å². The lowest BCUT2D eigenvalue weighted by Gasteiger charge is -2.27. The quantitative estimate of drug-likeness (QED) is 0.671. The molecule has 7 nitrogen and oxygen atoms in total. The summed E-state index contributed by atoms with van der Waals surface area (Å²) in [5.74, 6) is -0.146. The number of benzene rings is 2. The number of hydrogen-bond acceptors (Lipinski definition) is 5. The van der Waals surface area contributed by atoms with Crippen LogP contribution in [0, 0.1) is 10.1 Å². The van der Waals surface area contributed by atoms with E-state index in [1.54, 1.807) is 24.3 Å². The van der Waals surface area contributed by atoms with Crippen molar-refractivity contribution in [1.82, 2.24) is 5.32 Å². The first kappa shape index (κ1) is 18.0. The maximum atomic E-state index is 12.3. The van der Waals surface area contributed by atoms with Gasteiger partial charge in [0.2, 0.25) is 0 Å². The van der Waals surface area contributed by atoms with Crippen molar-refractivity contribution in [2.75, 3.05) is 13.2 Å². The Kier molecular flexibility index (Phi) is 5.93. The van der Waals surface area contributed by atoms with Crippen LogP contribution in [0.4, 0.5) is 5.69 Å². The van der Waals surface area contributed by atoms with Crippen LogP contribution in [0.2, 0.25) is 0 Å². The van der Waals surface area contributed by atoms with Crippen LogP contribution in [0.3, 0.4) is 0 Å². The largest absolute Gasteiger partial charge is 0.348 e. The Morgan fingerprint density at radius 3 is 2.69 bits per heavy atom. The van der Waals surface area contributed by atoms with Crippen LogP contribution in [-0.2, 0) is 9.47 Å². The molecule has 0 unspecified atom stereocenters. The lowest BCUT2D eigenvalue weighted by Crippen LogP contribution is -2.39. The van der Waals surface area contributed by atoms with E-state index in [4.69, 9.17) is 9.47 Å². The van der Waals surface area contributed by atoms with Crippen molar-refractivity contribution in [2.24, 2.45) is 0 Å². The number of carbonyl (C=O) groups is 1. The van der Waals surface area contributed by atoms with Crippen LogP contribution in [0.25, 0.3) is 0 Å². The van der Waals surface area contributed by atoms with E-state index < -0.39 is 11.2 Å². The molecule has 0 radical (unpaired) electrons. The summed E-state index contributed by atoms with van der Waals surface area (Å²) in [5.41, 5.74) is 1.18. The van der Waals surface area contributed by atoms with Crippen LogP contribution in [-0.4, -0.2) is 30.1 Å². The minimum absolute atomic E-state index is 0.00862. The van der Waals surface area contributed by atoms with Gasteiger partial charge in [0.05, 0.1) is 24.2 Å². The number of hydrogen-bond donors (Lipinski definition) is 1. The second-order valence-electron chi connectivity index (χ2n) is 6.07. The molecule has 1 amide bonds. The van der Waals surface area contributed by atoms with Crippen LogP contribution >= 0.6 is 0 Å². The molecule has 1 aliphatic rings. The van der Waals surface area contributed by atoms with Crippen LogP contribution in [0.15, 0.2) is 54.6 Å². The highest BCUT2D eigenvalue weighted by atomic mass is 16.7. The van der Waals surface area contributed by atoms with Gasteiger partial charge in [-0.1, -0.05) is 30.3 Å². The zero-order chi connectivity index (χ0) is 18.4. The highest BCUT2D eigenvalue weighted by Crippen LogP contribution is 2.25. The smallest absolute Gasteiger partial charge is 0.269 e. The van der Waals surface area contributed by atoms with Gasteiger partial charge in [0.25, 0.3) is 11.6 Å². The van der Waals surface area contributed by atoms with Gasteiger partial charge in [-0.15, -0.1) is 0 Å². The number of nitro groups is 1. The minimum atomic E-state index is -0.689. The van der Waals surface area contributed by atoms with E-state index in [1.807, 2.05) is 18.2 Å². The topological polar surface area (TPSA) is 90.7 Å². The number of nitrogens with zero attached hydrogens (tertiary/aromatic N) is 1. The van der Waals surface area contributed by atoms with Crippen molar-refractivity contribution < 1.29 is 19.2 Å². The second-order valence-corrected chi connectivity index (χ2v) is 6.07. The summed E-state index contributed by atoms with van der Waals surface area (Å²) in [7, 11) is 0. The van der Waals surface area contributed by atoms with Crippen LogP contribution in [0.5, 0.6) is 0 Å². The molecular weight excluding hydrogens is 336 g/mol. The summed E-state index contributed by atoms with van der Waals surface area (Å²) < 4.78 is 11.5. The molecule has 1 aliphatic heterocycles. The molecule has 1 heterocycles. The number of amides is 1. The van der Waals surface area contributed by atoms with Crippen molar-refractivity contribution in [2.45, 2.75) is 25.2 Å². The Hall–Kier alpha value is -2.77. The number of carbonyl (C=O) groups excluding carboxylic acids is 1. The minimum Gasteiger partial charge on any atom is -0.348 e. The number of rotatable bonds is 4. The van der Waals surface area contributed by atoms with Gasteiger partial charge in [-0.2, -0.15) is 0 Å². The molecule has 1 fully saturated rings. The zero-order valence-electron chi connectivity index (χ0n) is 14.2. The molecule has 0 bridgehead atoms. The van der Waals surface area contributed by atoms with Crippen molar-refractivity contribution in [3.8, 4) is 0 Å². The first-order chi connectivity index (χ1) is 12.6. The average molecular weight is 356 g/mol. The molecule has 0 spiro atoms. The summed E-state index contributed by atoms with van der Waals surface area (Å²) >= 11 is 0. The van der Waals surface area contributed by atoms with Crippen molar-refractivity contribution in [1.29, 1.82) is 0 Å². The van der Waals surface area contributed by atoms with E-state index >= 15 is 0 Å². The fraction of sp³-hybridized carbons (Fsp3) is 0.316. The summed E-state index contributed by atoms with van der Waals surface area (Å²) in [4.78, 5) is 22.8. The monoisotopic (exact) mass is 356 g/mol. The molecule has 2 atom stereocenters. The van der Waals surface area contributed by atoms with E-state index in [9.17, 15) is 14.9 Å². The van der Waals surface area contributed by atoms with Crippen molar-refractivity contribution in [3.05, 3.63) is 75.8 Å². The van der Waals surface area contributed by atoms with Gasteiger partial charge in [0.1, 0.15) is 0 Å². The Bertz CT molecular complexity index is 766. The predicted octanol–water partition coefficient (Wildman–Crippen LogP) is 3.22. The number of nitrogens with one attached hydrogen (secondary N) is 1. The second kappa shape index (κ2) is 8.55. The Balaban J connectivity index is 1.64. The van der Waals surface area contributed by atoms with E-state index in [0.717, 1.165) is 12.8 Å². The van der Waals surface area contributed by atoms with Crippen LogP contribution in [0.1, 0.15) is 35.1 Å². The van der Waals surface area contributed by atoms with Gasteiger partial charge in [-0.05, 0) is 25.0 Å². The third-order valence-corrected chi connectivity index (χ3v) is 4.14. The molecule has 2 aromatic carbocycles. The molecule has 26 heavy (non-hydrogen) atoms. The van der Waals surface area contributed by atoms with E-state index in [2.05, 4.69) is 5.32 Å². The Morgan fingerprint density at radius 2 is 1.92 bits per heavy atom. The lowest BCUT2D eigenvalue weighted by atomic mass is 10.1. The molecule has 136 valence electrons. The van der Waals surface area contributed by atoms with E-state index in [1.165, 1.54) is 12.1 Å². The number of nitro benzene ring substituents is 1. The zero-order valence-corrected chi connectivity index (χ0v) is 14.2. The maximum absolute atomic E-state index is 12.3. The Morgan fingerprint density at radius 1 is 1.12 bits per heavy atom. The molecule has 0 saturated carbocycles. The highest BCUT2D eigenvalue weighted by molar-refractivity contribution is 5.94. The highest BCUT2D eigenvalue weighted by Gasteiger charge is 2.22.